The highest BCUT2D eigenvalue weighted by molar-refractivity contribution is 5.81. The van der Waals surface area contributed by atoms with Crippen LogP contribution >= 0.6 is 0 Å². The van der Waals surface area contributed by atoms with Gasteiger partial charge in [0, 0.05) is 5.39 Å². The first-order valence-corrected chi connectivity index (χ1v) is 5.42. The van der Waals surface area contributed by atoms with Crippen LogP contribution in [0.15, 0.2) is 30.3 Å². The van der Waals surface area contributed by atoms with Crippen LogP contribution in [0.4, 0.5) is 0 Å². The van der Waals surface area contributed by atoms with E-state index in [-0.39, 0.29) is 0 Å². The molecule has 4 nitrogen and oxygen atoms in total. The van der Waals surface area contributed by atoms with Crippen molar-refractivity contribution in [1.29, 1.82) is 0 Å². The van der Waals surface area contributed by atoms with Crippen molar-refractivity contribution in [3.05, 3.63) is 35.9 Å². The van der Waals surface area contributed by atoms with Crippen molar-refractivity contribution < 1.29 is 0 Å². The molecule has 0 unspecified atom stereocenters. The molecule has 2 heterocycles. The van der Waals surface area contributed by atoms with E-state index in [9.17, 15) is 0 Å². The van der Waals surface area contributed by atoms with Gasteiger partial charge in [-0.3, -0.25) is 0 Å². The van der Waals surface area contributed by atoms with Gasteiger partial charge in [0.1, 0.15) is 0 Å². The molecule has 0 aliphatic carbocycles. The number of nitrogens with zero attached hydrogens (tertiary/aromatic N) is 4. The topological polar surface area (TPSA) is 43.1 Å². The summed E-state index contributed by atoms with van der Waals surface area (Å²) in [5.74, 6) is 0. The van der Waals surface area contributed by atoms with Gasteiger partial charge in [0.05, 0.1) is 5.52 Å². The molecule has 0 bridgehead atoms. The lowest BCUT2D eigenvalue weighted by Crippen LogP contribution is -1.90. The molecular formula is C12H14N4. The summed E-state index contributed by atoms with van der Waals surface area (Å²) in [6.07, 6.45) is 0. The van der Waals surface area contributed by atoms with E-state index in [1.165, 1.54) is 5.56 Å². The molecule has 82 valence electrons. The lowest BCUT2D eigenvalue weighted by Gasteiger charge is -1.99. The van der Waals surface area contributed by atoms with Crippen molar-refractivity contribution in [2.45, 2.75) is 20.8 Å². The summed E-state index contributed by atoms with van der Waals surface area (Å²) in [4.78, 5) is 0. The zero-order chi connectivity index (χ0) is 11.5. The van der Waals surface area contributed by atoms with Crippen LogP contribution in [-0.4, -0.2) is 20.0 Å². The maximum absolute atomic E-state index is 3.93. The summed E-state index contributed by atoms with van der Waals surface area (Å²) in [7, 11) is 0. The maximum Gasteiger partial charge on any atom is 0.179 e. The van der Waals surface area contributed by atoms with Crippen molar-refractivity contribution in [2.75, 3.05) is 0 Å². The van der Waals surface area contributed by atoms with E-state index in [1.807, 2.05) is 32.0 Å². The highest BCUT2D eigenvalue weighted by Crippen LogP contribution is 2.15. The Morgan fingerprint density at radius 1 is 1.06 bits per heavy atom. The van der Waals surface area contributed by atoms with Gasteiger partial charge in [-0.25, -0.2) is 0 Å². The highest BCUT2D eigenvalue weighted by atomic mass is 15.5. The van der Waals surface area contributed by atoms with Crippen LogP contribution in [0.2, 0.25) is 0 Å². The number of hydrogen-bond acceptors (Lipinski definition) is 3. The van der Waals surface area contributed by atoms with Crippen LogP contribution in [0, 0.1) is 6.92 Å². The van der Waals surface area contributed by atoms with Crippen LogP contribution in [0.25, 0.3) is 16.6 Å². The summed E-state index contributed by atoms with van der Waals surface area (Å²) in [6.45, 7) is 6.07. The van der Waals surface area contributed by atoms with Gasteiger partial charge in [0.15, 0.2) is 5.65 Å². The first-order valence-electron chi connectivity index (χ1n) is 5.42. The largest absolute Gasteiger partial charge is 0.193 e. The zero-order valence-corrected chi connectivity index (χ0v) is 9.68. The van der Waals surface area contributed by atoms with Crippen LogP contribution < -0.4 is 0 Å². The second-order valence-electron chi connectivity index (χ2n) is 3.34. The summed E-state index contributed by atoms with van der Waals surface area (Å²) >= 11 is 0. The number of tetrazole rings is 1. The lowest BCUT2D eigenvalue weighted by atomic mass is 10.1. The van der Waals surface area contributed by atoms with Gasteiger partial charge in [-0.15, -0.1) is 5.10 Å². The number of aryl methyl sites for hydroxylation is 1. The Bertz CT molecular complexity index is 613. The molecule has 0 radical (unpaired) electrons. The maximum atomic E-state index is 3.93. The molecule has 0 fully saturated rings. The number of aromatic nitrogens is 4. The molecule has 2 aromatic heterocycles. The Morgan fingerprint density at radius 2 is 1.88 bits per heavy atom. The van der Waals surface area contributed by atoms with Crippen molar-refractivity contribution in [3.8, 4) is 0 Å². The van der Waals surface area contributed by atoms with E-state index in [4.69, 9.17) is 0 Å². The first-order chi connectivity index (χ1) is 7.84. The second kappa shape index (κ2) is 4.26. The molecule has 3 rings (SSSR count). The van der Waals surface area contributed by atoms with Crippen LogP contribution in [0.3, 0.4) is 0 Å². The molecule has 16 heavy (non-hydrogen) atoms. The van der Waals surface area contributed by atoms with E-state index in [2.05, 4.69) is 34.6 Å². The fourth-order valence-corrected chi connectivity index (χ4v) is 1.63. The minimum atomic E-state index is 0.779. The van der Waals surface area contributed by atoms with E-state index in [1.54, 1.807) is 4.52 Å². The molecule has 0 aliphatic rings. The predicted octanol–water partition coefficient (Wildman–Crippen LogP) is 2.61. The minimum Gasteiger partial charge on any atom is -0.193 e. The molecule has 3 aromatic rings. The summed E-state index contributed by atoms with van der Waals surface area (Å²) in [6, 6.07) is 10.2. The van der Waals surface area contributed by atoms with Gasteiger partial charge in [-0.2, -0.15) is 4.52 Å². The Kier molecular flexibility index (Phi) is 2.81. The van der Waals surface area contributed by atoms with E-state index < -0.39 is 0 Å². The van der Waals surface area contributed by atoms with Crippen LogP contribution in [-0.2, 0) is 0 Å². The SMILES string of the molecule is CC.Cc1ccc2c(ccc3nnnn32)c1. The van der Waals surface area contributed by atoms with Gasteiger partial charge in [-0.1, -0.05) is 25.5 Å². The molecule has 0 aliphatic heterocycles. The Labute approximate surface area is 93.9 Å². The Balaban J connectivity index is 0.000000457. The molecule has 0 N–H and O–H groups in total. The number of fused-ring (bicyclic) bond motifs is 3. The second-order valence-corrected chi connectivity index (χ2v) is 3.34. The third kappa shape index (κ3) is 1.62. The molecule has 0 amide bonds. The number of benzene rings is 1. The molecule has 0 atom stereocenters. The molecular weight excluding hydrogens is 200 g/mol. The molecule has 1 aromatic carbocycles. The minimum absolute atomic E-state index is 0.779. The normalized spacial score (nSPS) is 10.2. The quantitative estimate of drug-likeness (QED) is 0.577. The molecule has 0 saturated heterocycles. The molecule has 4 heteroatoms. The standard InChI is InChI=1S/C10H8N4.C2H6/c1-7-2-4-9-8(6-7)3-5-10-11-12-13-14(9)10;1-2/h2-6H,1H3;1-2H3. The average molecular weight is 214 g/mol. The van der Waals surface area contributed by atoms with Crippen LogP contribution in [0.1, 0.15) is 19.4 Å². The monoisotopic (exact) mass is 214 g/mol. The van der Waals surface area contributed by atoms with E-state index >= 15 is 0 Å². The Morgan fingerprint density at radius 3 is 2.69 bits per heavy atom. The summed E-state index contributed by atoms with van der Waals surface area (Å²) < 4.78 is 1.74. The third-order valence-electron chi connectivity index (χ3n) is 2.32. The third-order valence-corrected chi connectivity index (χ3v) is 2.32. The zero-order valence-electron chi connectivity index (χ0n) is 9.68. The van der Waals surface area contributed by atoms with E-state index in [0.29, 0.717) is 0 Å². The van der Waals surface area contributed by atoms with Gasteiger partial charge >= 0.3 is 0 Å². The van der Waals surface area contributed by atoms with Gasteiger partial charge in [0.2, 0.25) is 0 Å². The predicted molar refractivity (Wildman–Crippen MR) is 64.4 cm³/mol. The van der Waals surface area contributed by atoms with Crippen molar-refractivity contribution in [1.82, 2.24) is 20.0 Å². The van der Waals surface area contributed by atoms with Crippen molar-refractivity contribution in [2.24, 2.45) is 0 Å². The Hall–Kier alpha value is -1.97. The van der Waals surface area contributed by atoms with Gasteiger partial charge in [0.25, 0.3) is 0 Å². The smallest absolute Gasteiger partial charge is 0.179 e. The van der Waals surface area contributed by atoms with Crippen molar-refractivity contribution in [3.63, 3.8) is 0 Å². The fourth-order valence-electron chi connectivity index (χ4n) is 1.63. The fraction of sp³-hybridized carbons (Fsp3) is 0.250. The van der Waals surface area contributed by atoms with Gasteiger partial charge < -0.3 is 0 Å². The molecule has 0 saturated carbocycles. The summed E-state index contributed by atoms with van der Waals surface area (Å²) in [5.41, 5.74) is 3.06. The highest BCUT2D eigenvalue weighted by Gasteiger charge is 2.01. The first kappa shape index (κ1) is 10.5. The number of hydrogen-bond donors (Lipinski definition) is 0. The van der Waals surface area contributed by atoms with Crippen molar-refractivity contribution >= 4 is 16.6 Å². The van der Waals surface area contributed by atoms with Crippen LogP contribution in [0.5, 0.6) is 0 Å². The number of rotatable bonds is 0. The lowest BCUT2D eigenvalue weighted by molar-refractivity contribution is 0.841. The van der Waals surface area contributed by atoms with Gasteiger partial charge in [-0.05, 0) is 41.6 Å². The number of pyridine rings is 1. The average Bonchev–Trinajstić information content (AvgIpc) is 2.79. The molecule has 0 spiro atoms. The van der Waals surface area contributed by atoms with E-state index in [0.717, 1.165) is 16.6 Å². The summed E-state index contributed by atoms with van der Waals surface area (Å²) in [5, 5.41) is 12.6.